The fraction of sp³-hybridized carbons (Fsp3) is 0.316. The van der Waals surface area contributed by atoms with Gasteiger partial charge in [0, 0.05) is 17.3 Å². The van der Waals surface area contributed by atoms with Crippen molar-refractivity contribution in [3.8, 4) is 0 Å². The highest BCUT2D eigenvalue weighted by molar-refractivity contribution is 6.30. The van der Waals surface area contributed by atoms with Crippen LogP contribution in [0.25, 0.3) is 5.70 Å². The lowest BCUT2D eigenvalue weighted by Gasteiger charge is -2.28. The fourth-order valence-electron chi connectivity index (χ4n) is 3.03. The van der Waals surface area contributed by atoms with E-state index in [-0.39, 0.29) is 28.1 Å². The fourth-order valence-corrected chi connectivity index (χ4v) is 3.17. The normalized spacial score (nSPS) is 22.8. The van der Waals surface area contributed by atoms with Crippen molar-refractivity contribution in [1.29, 1.82) is 0 Å². The highest BCUT2D eigenvalue weighted by atomic mass is 35.5. The molecule has 1 aliphatic heterocycles. The van der Waals surface area contributed by atoms with Crippen LogP contribution < -0.4 is 5.32 Å². The number of hydrogen-bond donors (Lipinski definition) is 1. The van der Waals surface area contributed by atoms with Gasteiger partial charge < -0.3 is 10.1 Å². The smallest absolute Gasteiger partial charge is 0.152 e. The predicted octanol–water partition coefficient (Wildman–Crippen LogP) is 5.02. The van der Waals surface area contributed by atoms with Crippen molar-refractivity contribution in [1.82, 2.24) is 4.98 Å². The summed E-state index contributed by atoms with van der Waals surface area (Å²) in [7, 11) is 0. The van der Waals surface area contributed by atoms with Crippen molar-refractivity contribution >= 4 is 23.0 Å². The Morgan fingerprint density at radius 1 is 1.36 bits per heavy atom. The summed E-state index contributed by atoms with van der Waals surface area (Å²) in [6.07, 6.45) is 1.35. The van der Waals surface area contributed by atoms with Crippen molar-refractivity contribution in [2.45, 2.75) is 19.3 Å². The molecule has 0 bridgehead atoms. The van der Waals surface area contributed by atoms with E-state index in [0.29, 0.717) is 24.5 Å². The van der Waals surface area contributed by atoms with Crippen LogP contribution in [0.15, 0.2) is 37.0 Å². The average molecular weight is 365 g/mol. The largest absolute Gasteiger partial charge is 0.380 e. The molecule has 132 valence electrons. The van der Waals surface area contributed by atoms with Gasteiger partial charge in [-0.3, -0.25) is 4.98 Å². The Kier molecular flexibility index (Phi) is 4.80. The molecule has 2 aromatic rings. The van der Waals surface area contributed by atoms with Gasteiger partial charge in [-0.25, -0.2) is 8.78 Å². The van der Waals surface area contributed by atoms with Crippen LogP contribution in [0.1, 0.15) is 25.1 Å². The van der Waals surface area contributed by atoms with Crippen LogP contribution in [0.5, 0.6) is 0 Å². The molecular weight excluding hydrogens is 346 g/mol. The topological polar surface area (TPSA) is 34.1 Å². The molecule has 0 amide bonds. The molecule has 3 nitrogen and oxygen atoms in total. The Balaban J connectivity index is 1.89. The first-order valence-electron chi connectivity index (χ1n) is 7.96. The Labute approximate surface area is 150 Å². The SMILES string of the molecule is C=C(Nc1ccc(F)c([C@]2(C)COC[C@H]2C)c1)c1ncc(Cl)cc1F. The molecule has 0 spiro atoms. The molecule has 1 aliphatic rings. The molecule has 6 heteroatoms. The molecule has 2 atom stereocenters. The van der Waals surface area contributed by atoms with Crippen LogP contribution in [0.4, 0.5) is 14.5 Å². The van der Waals surface area contributed by atoms with Crippen LogP contribution >= 0.6 is 11.6 Å². The van der Waals surface area contributed by atoms with Gasteiger partial charge in [0.2, 0.25) is 0 Å². The minimum atomic E-state index is -0.572. The van der Waals surface area contributed by atoms with E-state index in [2.05, 4.69) is 16.9 Å². The molecule has 2 heterocycles. The van der Waals surface area contributed by atoms with E-state index in [4.69, 9.17) is 16.3 Å². The molecule has 0 radical (unpaired) electrons. The van der Waals surface area contributed by atoms with Gasteiger partial charge >= 0.3 is 0 Å². The molecule has 1 fully saturated rings. The first kappa shape index (κ1) is 17.8. The first-order chi connectivity index (χ1) is 11.8. The van der Waals surface area contributed by atoms with Crippen LogP contribution in [0.3, 0.4) is 0 Å². The van der Waals surface area contributed by atoms with E-state index >= 15 is 0 Å². The highest BCUT2D eigenvalue weighted by Crippen LogP contribution is 2.39. The summed E-state index contributed by atoms with van der Waals surface area (Å²) in [6.45, 7) is 8.90. The minimum absolute atomic E-state index is 0.0686. The summed E-state index contributed by atoms with van der Waals surface area (Å²) in [4.78, 5) is 3.95. The number of halogens is 3. The Morgan fingerprint density at radius 3 is 2.76 bits per heavy atom. The number of aromatic nitrogens is 1. The van der Waals surface area contributed by atoms with Crippen LogP contribution in [0, 0.1) is 17.6 Å². The average Bonchev–Trinajstić information content (AvgIpc) is 2.89. The van der Waals surface area contributed by atoms with Crippen LogP contribution in [0.2, 0.25) is 5.02 Å². The summed E-state index contributed by atoms with van der Waals surface area (Å²) < 4.78 is 33.9. The van der Waals surface area contributed by atoms with Crippen LogP contribution in [-0.2, 0) is 10.2 Å². The second-order valence-corrected chi connectivity index (χ2v) is 7.05. The van der Waals surface area contributed by atoms with Gasteiger partial charge in [0.1, 0.15) is 11.5 Å². The third kappa shape index (κ3) is 3.39. The van der Waals surface area contributed by atoms with Gasteiger partial charge in [0.25, 0.3) is 0 Å². The molecule has 1 N–H and O–H groups in total. The minimum Gasteiger partial charge on any atom is -0.380 e. The first-order valence-corrected chi connectivity index (χ1v) is 8.34. The summed E-state index contributed by atoms with van der Waals surface area (Å²) >= 11 is 5.72. The third-order valence-corrected chi connectivity index (χ3v) is 5.03. The zero-order chi connectivity index (χ0) is 18.2. The zero-order valence-corrected chi connectivity index (χ0v) is 14.8. The second kappa shape index (κ2) is 6.73. The van der Waals surface area contributed by atoms with Crippen molar-refractivity contribution in [2.24, 2.45) is 5.92 Å². The zero-order valence-electron chi connectivity index (χ0n) is 14.1. The number of hydrogen-bond acceptors (Lipinski definition) is 3. The Morgan fingerprint density at radius 2 is 2.12 bits per heavy atom. The van der Waals surface area contributed by atoms with E-state index < -0.39 is 11.2 Å². The van der Waals surface area contributed by atoms with Crippen molar-refractivity contribution in [3.05, 3.63) is 65.0 Å². The lowest BCUT2D eigenvalue weighted by Crippen LogP contribution is -2.30. The number of nitrogens with zero attached hydrogens (tertiary/aromatic N) is 1. The van der Waals surface area contributed by atoms with E-state index in [0.717, 1.165) is 0 Å². The molecule has 25 heavy (non-hydrogen) atoms. The summed E-state index contributed by atoms with van der Waals surface area (Å²) in [6, 6.07) is 5.87. The second-order valence-electron chi connectivity index (χ2n) is 6.62. The van der Waals surface area contributed by atoms with Gasteiger partial charge in [-0.15, -0.1) is 0 Å². The highest BCUT2D eigenvalue weighted by Gasteiger charge is 2.40. The third-order valence-electron chi connectivity index (χ3n) is 4.83. The molecule has 1 saturated heterocycles. The molecule has 1 aromatic heterocycles. The van der Waals surface area contributed by atoms with E-state index in [1.165, 1.54) is 18.3 Å². The monoisotopic (exact) mass is 364 g/mol. The summed E-state index contributed by atoms with van der Waals surface area (Å²) in [5, 5.41) is 3.20. The number of anilines is 1. The van der Waals surface area contributed by atoms with Crippen molar-refractivity contribution in [2.75, 3.05) is 18.5 Å². The maximum Gasteiger partial charge on any atom is 0.152 e. The maximum atomic E-state index is 14.4. The van der Waals surface area contributed by atoms with Crippen LogP contribution in [-0.4, -0.2) is 18.2 Å². The maximum absolute atomic E-state index is 14.4. The van der Waals surface area contributed by atoms with E-state index in [1.807, 2.05) is 13.8 Å². The van der Waals surface area contributed by atoms with Gasteiger partial charge in [-0.1, -0.05) is 32.0 Å². The van der Waals surface area contributed by atoms with Gasteiger partial charge in [0.05, 0.1) is 23.9 Å². The number of pyridine rings is 1. The number of benzene rings is 1. The van der Waals surface area contributed by atoms with Gasteiger partial charge in [-0.05, 0) is 35.7 Å². The quantitative estimate of drug-likeness (QED) is 0.827. The summed E-state index contributed by atoms with van der Waals surface area (Å²) in [5.41, 5.74) is 1.11. The number of rotatable bonds is 4. The lowest BCUT2D eigenvalue weighted by molar-refractivity contribution is 0.177. The standard InChI is InChI=1S/C19H19ClF2N2O/c1-11-9-25-10-19(11,3)15-7-14(4-5-16(15)21)24-12(2)18-17(22)6-13(20)8-23-18/h4-8,11,24H,2,9-10H2,1,3H3/t11-,19-/m1/s1. The molecule has 0 aliphatic carbocycles. The van der Waals surface area contributed by atoms with E-state index in [1.54, 1.807) is 12.1 Å². The Bertz CT molecular complexity index is 827. The Hall–Kier alpha value is -1.98. The van der Waals surface area contributed by atoms with E-state index in [9.17, 15) is 8.78 Å². The molecular formula is C19H19ClF2N2O. The lowest BCUT2D eigenvalue weighted by atomic mass is 9.75. The van der Waals surface area contributed by atoms with Gasteiger partial charge in [-0.2, -0.15) is 0 Å². The predicted molar refractivity (Wildman–Crippen MR) is 95.6 cm³/mol. The molecule has 1 aromatic carbocycles. The van der Waals surface area contributed by atoms with Crippen molar-refractivity contribution < 1.29 is 13.5 Å². The summed E-state index contributed by atoms with van der Waals surface area (Å²) in [5.74, 6) is -0.667. The molecule has 3 rings (SSSR count). The molecule has 0 saturated carbocycles. The number of ether oxygens (including phenoxy) is 1. The molecule has 0 unspecified atom stereocenters. The van der Waals surface area contributed by atoms with Gasteiger partial charge in [0.15, 0.2) is 5.82 Å². The van der Waals surface area contributed by atoms with Crippen molar-refractivity contribution in [3.63, 3.8) is 0 Å². The number of nitrogens with one attached hydrogen (secondary N) is 1.